The Balaban J connectivity index is 1.70. The van der Waals surface area contributed by atoms with E-state index in [1.807, 2.05) is 12.3 Å². The molecule has 1 aromatic heterocycles. The fraction of sp³-hybridized carbons (Fsp3) is 0.308. The van der Waals surface area contributed by atoms with E-state index < -0.39 is 6.10 Å². The van der Waals surface area contributed by atoms with Crippen molar-refractivity contribution in [2.24, 2.45) is 0 Å². The highest BCUT2D eigenvalue weighted by Gasteiger charge is 2.04. The van der Waals surface area contributed by atoms with E-state index in [9.17, 15) is 9.50 Å². The van der Waals surface area contributed by atoms with Gasteiger partial charge in [-0.15, -0.1) is 0 Å². The highest BCUT2D eigenvalue weighted by atomic mass is 19.1. The van der Waals surface area contributed by atoms with Crippen LogP contribution in [0.3, 0.4) is 0 Å². The molecule has 1 atom stereocenters. The van der Waals surface area contributed by atoms with Gasteiger partial charge in [-0.1, -0.05) is 12.1 Å². The van der Waals surface area contributed by atoms with Crippen molar-refractivity contribution in [1.29, 1.82) is 0 Å². The Kier molecular flexibility index (Phi) is 4.44. The van der Waals surface area contributed by atoms with Crippen LogP contribution in [0.2, 0.25) is 0 Å². The Morgan fingerprint density at radius 3 is 2.78 bits per heavy atom. The Morgan fingerprint density at radius 2 is 2.11 bits per heavy atom. The van der Waals surface area contributed by atoms with Crippen molar-refractivity contribution >= 4 is 0 Å². The number of aromatic nitrogens is 2. The molecule has 96 valence electrons. The van der Waals surface area contributed by atoms with Crippen molar-refractivity contribution in [2.45, 2.75) is 19.2 Å². The maximum absolute atomic E-state index is 12.7. The smallest absolute Gasteiger partial charge is 0.123 e. The molecule has 0 bridgehead atoms. The normalized spacial score (nSPS) is 12.6. The predicted octanol–water partition coefficient (Wildman–Crippen LogP) is 1.17. The first-order valence-electron chi connectivity index (χ1n) is 5.84. The van der Waals surface area contributed by atoms with Gasteiger partial charge in [-0.2, -0.15) is 5.10 Å². The van der Waals surface area contributed by atoms with Crippen LogP contribution in [0.1, 0.15) is 5.56 Å². The van der Waals surface area contributed by atoms with Gasteiger partial charge >= 0.3 is 0 Å². The summed E-state index contributed by atoms with van der Waals surface area (Å²) in [6.07, 6.45) is 2.99. The maximum Gasteiger partial charge on any atom is 0.123 e. The second kappa shape index (κ2) is 6.28. The summed E-state index contributed by atoms with van der Waals surface area (Å²) in [7, 11) is 0. The average molecular weight is 249 g/mol. The molecule has 0 spiro atoms. The number of hydrogen-bond acceptors (Lipinski definition) is 3. The number of aliphatic hydroxyl groups excluding tert-OH is 1. The van der Waals surface area contributed by atoms with Crippen LogP contribution in [-0.4, -0.2) is 27.5 Å². The topological polar surface area (TPSA) is 50.1 Å². The van der Waals surface area contributed by atoms with Crippen LogP contribution in [0.15, 0.2) is 42.7 Å². The Labute approximate surface area is 105 Å². The molecule has 0 radical (unpaired) electrons. The fourth-order valence-electron chi connectivity index (χ4n) is 1.67. The van der Waals surface area contributed by atoms with Crippen LogP contribution in [-0.2, 0) is 13.1 Å². The monoisotopic (exact) mass is 249 g/mol. The minimum atomic E-state index is -0.495. The average Bonchev–Trinajstić information content (AvgIpc) is 2.84. The molecule has 0 amide bonds. The van der Waals surface area contributed by atoms with Gasteiger partial charge in [-0.3, -0.25) is 4.68 Å². The van der Waals surface area contributed by atoms with Gasteiger partial charge in [0.05, 0.1) is 12.6 Å². The lowest BCUT2D eigenvalue weighted by Crippen LogP contribution is -2.30. The molecule has 2 rings (SSSR count). The molecule has 4 nitrogen and oxygen atoms in total. The second-order valence-corrected chi connectivity index (χ2v) is 4.14. The van der Waals surface area contributed by atoms with Crippen molar-refractivity contribution in [2.75, 3.05) is 6.54 Å². The zero-order valence-corrected chi connectivity index (χ0v) is 9.96. The van der Waals surface area contributed by atoms with Crippen molar-refractivity contribution in [3.05, 3.63) is 54.1 Å². The first-order valence-corrected chi connectivity index (χ1v) is 5.84. The van der Waals surface area contributed by atoms with Crippen molar-refractivity contribution in [3.8, 4) is 0 Å². The number of aliphatic hydroxyl groups is 1. The standard InChI is InChI=1S/C13H16FN3O/c14-12-4-2-11(3-5-12)8-15-9-13(18)10-17-7-1-6-16-17/h1-7,13,15,18H,8-10H2. The SMILES string of the molecule is OC(CNCc1ccc(F)cc1)Cn1cccn1. The van der Waals surface area contributed by atoms with Gasteiger partial charge in [0.1, 0.15) is 5.82 Å². The summed E-state index contributed by atoms with van der Waals surface area (Å²) in [6, 6.07) is 8.12. The van der Waals surface area contributed by atoms with Gasteiger partial charge in [0.25, 0.3) is 0 Å². The van der Waals surface area contributed by atoms with Crippen LogP contribution in [0.25, 0.3) is 0 Å². The number of halogens is 1. The van der Waals surface area contributed by atoms with E-state index in [-0.39, 0.29) is 5.82 Å². The summed E-state index contributed by atoms with van der Waals surface area (Å²) in [5.41, 5.74) is 0.989. The van der Waals surface area contributed by atoms with Crippen LogP contribution in [0.4, 0.5) is 4.39 Å². The van der Waals surface area contributed by atoms with Gasteiger partial charge in [0.2, 0.25) is 0 Å². The minimum absolute atomic E-state index is 0.238. The molecule has 0 saturated carbocycles. The lowest BCUT2D eigenvalue weighted by Gasteiger charge is -2.12. The quantitative estimate of drug-likeness (QED) is 0.808. The summed E-state index contributed by atoms with van der Waals surface area (Å²) >= 11 is 0. The van der Waals surface area contributed by atoms with E-state index in [0.717, 1.165) is 5.56 Å². The molecule has 1 heterocycles. The fourth-order valence-corrected chi connectivity index (χ4v) is 1.67. The van der Waals surface area contributed by atoms with Crippen LogP contribution in [0, 0.1) is 5.82 Å². The molecule has 1 aromatic carbocycles. The zero-order chi connectivity index (χ0) is 12.8. The molecule has 0 aliphatic rings. The van der Waals surface area contributed by atoms with Gasteiger partial charge in [-0.25, -0.2) is 4.39 Å². The molecule has 2 aromatic rings. The van der Waals surface area contributed by atoms with Crippen molar-refractivity contribution < 1.29 is 9.50 Å². The molecule has 0 saturated heterocycles. The van der Waals surface area contributed by atoms with E-state index in [0.29, 0.717) is 19.6 Å². The zero-order valence-electron chi connectivity index (χ0n) is 9.96. The molecule has 0 aliphatic heterocycles. The van der Waals surface area contributed by atoms with Crippen LogP contribution in [0.5, 0.6) is 0 Å². The molecule has 5 heteroatoms. The second-order valence-electron chi connectivity index (χ2n) is 4.14. The Bertz CT molecular complexity index is 456. The van der Waals surface area contributed by atoms with Crippen LogP contribution >= 0.6 is 0 Å². The Hall–Kier alpha value is -1.72. The molecule has 0 aliphatic carbocycles. The summed E-state index contributed by atoms with van der Waals surface area (Å²) in [4.78, 5) is 0. The van der Waals surface area contributed by atoms with E-state index >= 15 is 0 Å². The molecular weight excluding hydrogens is 233 g/mol. The van der Waals surface area contributed by atoms with Gasteiger partial charge in [0.15, 0.2) is 0 Å². The molecule has 2 N–H and O–H groups in total. The van der Waals surface area contributed by atoms with Gasteiger partial charge in [-0.05, 0) is 23.8 Å². The third-order valence-electron chi connectivity index (χ3n) is 2.58. The highest BCUT2D eigenvalue weighted by molar-refractivity contribution is 5.15. The number of rotatable bonds is 6. The highest BCUT2D eigenvalue weighted by Crippen LogP contribution is 2.02. The molecule has 18 heavy (non-hydrogen) atoms. The summed E-state index contributed by atoms with van der Waals surface area (Å²) < 4.78 is 14.4. The molecule has 1 unspecified atom stereocenters. The van der Waals surface area contributed by atoms with E-state index in [2.05, 4.69) is 10.4 Å². The number of benzene rings is 1. The summed E-state index contributed by atoms with van der Waals surface area (Å²) in [5.74, 6) is -0.238. The van der Waals surface area contributed by atoms with Crippen molar-refractivity contribution in [3.63, 3.8) is 0 Å². The first-order chi connectivity index (χ1) is 8.74. The summed E-state index contributed by atoms with van der Waals surface area (Å²) in [6.45, 7) is 1.54. The van der Waals surface area contributed by atoms with E-state index in [4.69, 9.17) is 0 Å². The number of nitrogens with zero attached hydrogens (tertiary/aromatic N) is 2. The maximum atomic E-state index is 12.7. The molecule has 0 fully saturated rings. The Morgan fingerprint density at radius 1 is 1.33 bits per heavy atom. The van der Waals surface area contributed by atoms with Gasteiger partial charge < -0.3 is 10.4 Å². The number of hydrogen-bond donors (Lipinski definition) is 2. The first kappa shape index (κ1) is 12.7. The van der Waals surface area contributed by atoms with Crippen LogP contribution < -0.4 is 5.32 Å². The predicted molar refractivity (Wildman–Crippen MR) is 66.3 cm³/mol. The lowest BCUT2D eigenvalue weighted by molar-refractivity contribution is 0.146. The van der Waals surface area contributed by atoms with E-state index in [1.165, 1.54) is 12.1 Å². The minimum Gasteiger partial charge on any atom is -0.390 e. The largest absolute Gasteiger partial charge is 0.390 e. The third-order valence-corrected chi connectivity index (χ3v) is 2.58. The van der Waals surface area contributed by atoms with Gasteiger partial charge in [0, 0.05) is 25.5 Å². The molecular formula is C13H16FN3O. The van der Waals surface area contributed by atoms with Crippen molar-refractivity contribution in [1.82, 2.24) is 15.1 Å². The summed E-state index contributed by atoms with van der Waals surface area (Å²) in [5, 5.41) is 16.9. The third kappa shape index (κ3) is 3.94. The number of nitrogens with one attached hydrogen (secondary N) is 1. The van der Waals surface area contributed by atoms with E-state index in [1.54, 1.807) is 23.0 Å². The lowest BCUT2D eigenvalue weighted by atomic mass is 10.2.